The van der Waals surface area contributed by atoms with Gasteiger partial charge in [-0.25, -0.2) is 0 Å². The summed E-state index contributed by atoms with van der Waals surface area (Å²) in [6, 6.07) is 9.00. The summed E-state index contributed by atoms with van der Waals surface area (Å²) >= 11 is 3.46. The average Bonchev–Trinajstić information content (AvgIpc) is 2.14. The van der Waals surface area contributed by atoms with Crippen LogP contribution in [0.2, 0.25) is 0 Å². The average molecular weight is 278 g/mol. The molecule has 1 N–H and O–H groups in total. The van der Waals surface area contributed by atoms with Gasteiger partial charge in [0.05, 0.1) is 0 Å². The molecule has 0 saturated heterocycles. The van der Waals surface area contributed by atoms with Crippen LogP contribution < -0.4 is 17.7 Å². The maximum atomic E-state index is 3.46. The fourth-order valence-electron chi connectivity index (χ4n) is 1.08. The molecule has 0 amide bonds. The van der Waals surface area contributed by atoms with E-state index in [4.69, 9.17) is 0 Å². The molecule has 0 fully saturated rings. The van der Waals surface area contributed by atoms with Crippen LogP contribution in [0.25, 0.3) is 0 Å². The third-order valence-electron chi connectivity index (χ3n) is 2.16. The smallest absolute Gasteiger partial charge is 0.0208 e. The standard InChI is InChI=1S/C11H16BrN.ClH/c1-3-9(2)13-8-10-5-4-6-11(12)7-10;/h4-7,9,13H,3,8H2,1-2H3;1H/p-1. The zero-order chi connectivity index (χ0) is 9.68. The molecular formula is C11H16BrClN-. The summed E-state index contributed by atoms with van der Waals surface area (Å²) in [6.07, 6.45) is 1.17. The van der Waals surface area contributed by atoms with Crippen LogP contribution in [0.5, 0.6) is 0 Å². The van der Waals surface area contributed by atoms with Gasteiger partial charge >= 0.3 is 0 Å². The minimum atomic E-state index is 0. The molecule has 1 aromatic carbocycles. The Morgan fingerprint density at radius 3 is 2.71 bits per heavy atom. The molecule has 1 atom stereocenters. The lowest BCUT2D eigenvalue weighted by atomic mass is 10.2. The highest BCUT2D eigenvalue weighted by atomic mass is 79.9. The van der Waals surface area contributed by atoms with Crippen molar-refractivity contribution in [2.75, 3.05) is 0 Å². The van der Waals surface area contributed by atoms with Gasteiger partial charge in [-0.2, -0.15) is 0 Å². The Labute approximate surface area is 101 Å². The third kappa shape index (κ3) is 4.99. The molecule has 1 rings (SSSR count). The van der Waals surface area contributed by atoms with Crippen molar-refractivity contribution < 1.29 is 12.4 Å². The lowest BCUT2D eigenvalue weighted by Gasteiger charge is -2.10. The van der Waals surface area contributed by atoms with Gasteiger partial charge in [0.2, 0.25) is 0 Å². The van der Waals surface area contributed by atoms with Gasteiger partial charge in [0.15, 0.2) is 0 Å². The van der Waals surface area contributed by atoms with Crippen LogP contribution in [-0.4, -0.2) is 6.04 Å². The Balaban J connectivity index is 0.00000169. The van der Waals surface area contributed by atoms with E-state index in [0.717, 1.165) is 11.0 Å². The lowest BCUT2D eigenvalue weighted by Crippen LogP contribution is -3.00. The van der Waals surface area contributed by atoms with Crippen LogP contribution in [0.1, 0.15) is 25.8 Å². The molecule has 1 aromatic rings. The van der Waals surface area contributed by atoms with E-state index < -0.39 is 0 Å². The van der Waals surface area contributed by atoms with E-state index in [1.807, 2.05) is 6.07 Å². The van der Waals surface area contributed by atoms with Gasteiger partial charge < -0.3 is 17.7 Å². The van der Waals surface area contributed by atoms with E-state index in [2.05, 4.69) is 53.3 Å². The highest BCUT2D eigenvalue weighted by Gasteiger charge is 1.97. The molecule has 0 spiro atoms. The van der Waals surface area contributed by atoms with Crippen molar-refractivity contribution in [2.24, 2.45) is 0 Å². The monoisotopic (exact) mass is 276 g/mol. The maximum Gasteiger partial charge on any atom is 0.0208 e. The molecule has 0 radical (unpaired) electrons. The summed E-state index contributed by atoms with van der Waals surface area (Å²) in [5, 5.41) is 3.45. The Kier molecular flexibility index (Phi) is 7.24. The maximum absolute atomic E-state index is 3.46. The quantitative estimate of drug-likeness (QED) is 0.837. The third-order valence-corrected chi connectivity index (χ3v) is 2.65. The van der Waals surface area contributed by atoms with Gasteiger partial charge in [0, 0.05) is 17.1 Å². The summed E-state index contributed by atoms with van der Waals surface area (Å²) in [5.41, 5.74) is 1.33. The van der Waals surface area contributed by atoms with Crippen LogP contribution in [0.4, 0.5) is 0 Å². The van der Waals surface area contributed by atoms with Crippen molar-refractivity contribution in [1.29, 1.82) is 0 Å². The lowest BCUT2D eigenvalue weighted by molar-refractivity contribution is -0.00000278. The molecular weight excluding hydrogens is 261 g/mol. The summed E-state index contributed by atoms with van der Waals surface area (Å²) in [6.45, 7) is 5.35. The molecule has 80 valence electrons. The number of halogens is 2. The second kappa shape index (κ2) is 7.27. The SMILES string of the molecule is CCC(C)NCc1cccc(Br)c1.[Cl-]. The Hall–Kier alpha value is -0.0500. The predicted molar refractivity (Wildman–Crippen MR) is 60.7 cm³/mol. The predicted octanol–water partition coefficient (Wildman–Crippen LogP) is 0.341. The Morgan fingerprint density at radius 2 is 2.14 bits per heavy atom. The zero-order valence-electron chi connectivity index (χ0n) is 8.56. The Morgan fingerprint density at radius 1 is 1.43 bits per heavy atom. The second-order valence-corrected chi connectivity index (χ2v) is 4.24. The first-order valence-corrected chi connectivity index (χ1v) is 5.49. The van der Waals surface area contributed by atoms with Gasteiger partial charge in [-0.15, -0.1) is 0 Å². The van der Waals surface area contributed by atoms with Gasteiger partial charge in [0.25, 0.3) is 0 Å². The number of benzene rings is 1. The highest BCUT2D eigenvalue weighted by Crippen LogP contribution is 2.11. The van der Waals surface area contributed by atoms with Crippen LogP contribution in [0.15, 0.2) is 28.7 Å². The van der Waals surface area contributed by atoms with Crippen molar-refractivity contribution in [1.82, 2.24) is 5.32 Å². The van der Waals surface area contributed by atoms with E-state index in [-0.39, 0.29) is 12.4 Å². The van der Waals surface area contributed by atoms with Gasteiger partial charge in [-0.3, -0.25) is 0 Å². The van der Waals surface area contributed by atoms with E-state index in [1.165, 1.54) is 12.0 Å². The molecule has 1 nitrogen and oxygen atoms in total. The summed E-state index contributed by atoms with van der Waals surface area (Å²) < 4.78 is 1.15. The molecule has 0 aliphatic carbocycles. The Bertz CT molecular complexity index is 265. The minimum absolute atomic E-state index is 0. The van der Waals surface area contributed by atoms with Crippen LogP contribution in [0, 0.1) is 0 Å². The minimum Gasteiger partial charge on any atom is -1.00 e. The molecule has 0 bridgehead atoms. The first kappa shape index (κ1) is 13.9. The first-order chi connectivity index (χ1) is 6.22. The van der Waals surface area contributed by atoms with Crippen LogP contribution in [-0.2, 0) is 6.54 Å². The van der Waals surface area contributed by atoms with Crippen molar-refractivity contribution >= 4 is 15.9 Å². The van der Waals surface area contributed by atoms with Crippen molar-refractivity contribution in [2.45, 2.75) is 32.9 Å². The van der Waals surface area contributed by atoms with E-state index in [9.17, 15) is 0 Å². The molecule has 0 heterocycles. The van der Waals surface area contributed by atoms with Crippen molar-refractivity contribution in [3.8, 4) is 0 Å². The molecule has 1 unspecified atom stereocenters. The summed E-state index contributed by atoms with van der Waals surface area (Å²) in [4.78, 5) is 0. The van der Waals surface area contributed by atoms with Gasteiger partial charge in [0.1, 0.15) is 0 Å². The summed E-state index contributed by atoms with van der Waals surface area (Å²) in [7, 11) is 0. The number of rotatable bonds is 4. The number of hydrogen-bond acceptors (Lipinski definition) is 1. The largest absolute Gasteiger partial charge is 1.00 e. The molecule has 0 aromatic heterocycles. The van der Waals surface area contributed by atoms with Gasteiger partial charge in [-0.05, 0) is 31.0 Å². The fraction of sp³-hybridized carbons (Fsp3) is 0.455. The molecule has 14 heavy (non-hydrogen) atoms. The summed E-state index contributed by atoms with van der Waals surface area (Å²) in [5.74, 6) is 0. The van der Waals surface area contributed by atoms with Crippen LogP contribution in [0.3, 0.4) is 0 Å². The van der Waals surface area contributed by atoms with Crippen molar-refractivity contribution in [3.05, 3.63) is 34.3 Å². The highest BCUT2D eigenvalue weighted by molar-refractivity contribution is 9.10. The second-order valence-electron chi connectivity index (χ2n) is 3.32. The fourth-order valence-corrected chi connectivity index (χ4v) is 1.53. The van der Waals surface area contributed by atoms with E-state index in [1.54, 1.807) is 0 Å². The molecule has 3 heteroatoms. The van der Waals surface area contributed by atoms with Crippen molar-refractivity contribution in [3.63, 3.8) is 0 Å². The molecule has 0 aliphatic rings. The van der Waals surface area contributed by atoms with Crippen LogP contribution >= 0.6 is 15.9 Å². The van der Waals surface area contributed by atoms with E-state index >= 15 is 0 Å². The zero-order valence-corrected chi connectivity index (χ0v) is 10.9. The molecule has 0 saturated carbocycles. The number of nitrogens with one attached hydrogen (secondary N) is 1. The molecule has 0 aliphatic heterocycles. The number of hydrogen-bond donors (Lipinski definition) is 1. The first-order valence-electron chi connectivity index (χ1n) is 4.70. The van der Waals surface area contributed by atoms with E-state index in [0.29, 0.717) is 6.04 Å². The normalized spacial score (nSPS) is 11.9. The topological polar surface area (TPSA) is 12.0 Å². The van der Waals surface area contributed by atoms with Gasteiger partial charge in [-0.1, -0.05) is 35.0 Å².